The van der Waals surface area contributed by atoms with Gasteiger partial charge in [-0.3, -0.25) is 0 Å². The lowest BCUT2D eigenvalue weighted by Gasteiger charge is -2.24. The Morgan fingerprint density at radius 3 is 1.57 bits per heavy atom. The molecule has 5 aromatic rings. The van der Waals surface area contributed by atoms with E-state index in [1.54, 1.807) is 0 Å². The van der Waals surface area contributed by atoms with Crippen LogP contribution in [0, 0.1) is 0 Å². The van der Waals surface area contributed by atoms with Crippen LogP contribution in [0.25, 0.3) is 21.9 Å². The molecule has 0 radical (unpaired) electrons. The fraction of sp³-hybridized carbons (Fsp3) is 0. The zero-order valence-corrected chi connectivity index (χ0v) is 18.2. The molecule has 5 rings (SSSR count). The summed E-state index contributed by atoms with van der Waals surface area (Å²) in [5.74, 6) is 0. The first-order chi connectivity index (χ1) is 14.8. The summed E-state index contributed by atoms with van der Waals surface area (Å²) in [6.07, 6.45) is 0. The summed E-state index contributed by atoms with van der Waals surface area (Å²) in [6.45, 7) is 0. The molecule has 0 fully saturated rings. The third kappa shape index (κ3) is 3.31. The minimum atomic E-state index is -2.10. The molecular formula is C28H21PS. The van der Waals surface area contributed by atoms with Crippen LogP contribution < -0.4 is 15.9 Å². The van der Waals surface area contributed by atoms with Crippen molar-refractivity contribution in [2.75, 3.05) is 0 Å². The van der Waals surface area contributed by atoms with Crippen molar-refractivity contribution >= 4 is 44.5 Å². The Kier molecular flexibility index (Phi) is 5.09. The molecule has 0 saturated heterocycles. The molecule has 0 aliphatic heterocycles. The second-order valence-electron chi connectivity index (χ2n) is 7.35. The highest BCUT2D eigenvalue weighted by Gasteiger charge is 2.24. The SMILES string of the molecule is S=P(c1ccccc1)(c1ccccc1)c1ccc(-c2cccc3ccccc23)cc1. The van der Waals surface area contributed by atoms with Crippen LogP contribution in [-0.4, -0.2) is 0 Å². The van der Waals surface area contributed by atoms with Crippen LogP contribution in [0.1, 0.15) is 0 Å². The molecule has 0 aromatic heterocycles. The van der Waals surface area contributed by atoms with Crippen molar-refractivity contribution in [3.8, 4) is 11.1 Å². The summed E-state index contributed by atoms with van der Waals surface area (Å²) in [4.78, 5) is 0. The van der Waals surface area contributed by atoms with Gasteiger partial charge < -0.3 is 0 Å². The Morgan fingerprint density at radius 1 is 0.433 bits per heavy atom. The molecule has 0 unspecified atom stereocenters. The van der Waals surface area contributed by atoms with Crippen LogP contribution in [0.15, 0.2) is 127 Å². The van der Waals surface area contributed by atoms with Gasteiger partial charge in [-0.1, -0.05) is 139 Å². The van der Waals surface area contributed by atoms with E-state index in [-0.39, 0.29) is 0 Å². The maximum atomic E-state index is 6.45. The third-order valence-corrected chi connectivity index (χ3v) is 10.5. The van der Waals surface area contributed by atoms with Gasteiger partial charge in [0.2, 0.25) is 0 Å². The Balaban J connectivity index is 1.65. The average Bonchev–Trinajstić information content (AvgIpc) is 2.84. The predicted molar refractivity (Wildman–Crippen MR) is 135 cm³/mol. The minimum absolute atomic E-state index is 1.22. The molecule has 0 saturated carbocycles. The highest BCUT2D eigenvalue weighted by molar-refractivity contribution is 8.25. The molecule has 0 aliphatic rings. The number of hydrogen-bond donors (Lipinski definition) is 0. The van der Waals surface area contributed by atoms with Crippen LogP contribution in [0.4, 0.5) is 0 Å². The lowest BCUT2D eigenvalue weighted by molar-refractivity contribution is 1.67. The van der Waals surface area contributed by atoms with Gasteiger partial charge in [-0.2, -0.15) is 0 Å². The number of benzene rings is 5. The maximum Gasteiger partial charge on any atom is 0.0379 e. The van der Waals surface area contributed by atoms with Gasteiger partial charge in [-0.25, -0.2) is 0 Å². The third-order valence-electron chi connectivity index (χ3n) is 5.57. The minimum Gasteiger partial charge on any atom is -0.0826 e. The van der Waals surface area contributed by atoms with Gasteiger partial charge in [0.1, 0.15) is 0 Å². The van der Waals surface area contributed by atoms with E-state index in [1.165, 1.54) is 37.8 Å². The Hall–Kier alpha value is -2.99. The normalized spacial score (nSPS) is 11.5. The zero-order chi connectivity index (χ0) is 20.4. The van der Waals surface area contributed by atoms with E-state index in [4.69, 9.17) is 11.8 Å². The van der Waals surface area contributed by atoms with E-state index in [9.17, 15) is 0 Å². The number of fused-ring (bicyclic) bond motifs is 1. The van der Waals surface area contributed by atoms with E-state index in [0.717, 1.165) is 0 Å². The highest BCUT2D eigenvalue weighted by atomic mass is 32.4. The second kappa shape index (κ2) is 8.03. The van der Waals surface area contributed by atoms with Gasteiger partial charge in [-0.15, -0.1) is 0 Å². The van der Waals surface area contributed by atoms with Crippen molar-refractivity contribution in [2.45, 2.75) is 0 Å². The molecule has 0 N–H and O–H groups in total. The van der Waals surface area contributed by atoms with Gasteiger partial charge in [0.15, 0.2) is 0 Å². The molecule has 0 bridgehead atoms. The number of hydrogen-bond acceptors (Lipinski definition) is 1. The van der Waals surface area contributed by atoms with Gasteiger partial charge in [-0.05, 0) is 37.8 Å². The molecule has 2 heteroatoms. The van der Waals surface area contributed by atoms with Crippen molar-refractivity contribution in [3.63, 3.8) is 0 Å². The van der Waals surface area contributed by atoms with Crippen LogP contribution >= 0.6 is 6.04 Å². The molecule has 0 amide bonds. The summed E-state index contributed by atoms with van der Waals surface area (Å²) in [5, 5.41) is 6.21. The highest BCUT2D eigenvalue weighted by Crippen LogP contribution is 2.43. The fourth-order valence-corrected chi connectivity index (χ4v) is 7.79. The summed E-state index contributed by atoms with van der Waals surface area (Å²) in [6, 6.07) is 43.0. The lowest BCUT2D eigenvalue weighted by Crippen LogP contribution is -2.24. The van der Waals surface area contributed by atoms with Crippen LogP contribution in [-0.2, 0) is 11.8 Å². The second-order valence-corrected chi connectivity index (χ2v) is 11.8. The van der Waals surface area contributed by atoms with Crippen molar-refractivity contribution in [3.05, 3.63) is 127 Å². The monoisotopic (exact) mass is 420 g/mol. The largest absolute Gasteiger partial charge is 0.0826 e. The fourth-order valence-electron chi connectivity index (χ4n) is 4.05. The molecule has 5 aromatic carbocycles. The van der Waals surface area contributed by atoms with E-state index in [1.807, 2.05) is 0 Å². The van der Waals surface area contributed by atoms with Crippen molar-refractivity contribution < 1.29 is 0 Å². The first kappa shape index (κ1) is 19.0. The van der Waals surface area contributed by atoms with Crippen molar-refractivity contribution in [1.82, 2.24) is 0 Å². The van der Waals surface area contributed by atoms with Gasteiger partial charge in [0.05, 0.1) is 0 Å². The summed E-state index contributed by atoms with van der Waals surface area (Å²) in [5.41, 5.74) is 2.48. The summed E-state index contributed by atoms with van der Waals surface area (Å²) < 4.78 is 0. The quantitative estimate of drug-likeness (QED) is 0.309. The Labute approximate surface area is 182 Å². The van der Waals surface area contributed by atoms with E-state index in [0.29, 0.717) is 0 Å². The van der Waals surface area contributed by atoms with Crippen LogP contribution in [0.2, 0.25) is 0 Å². The summed E-state index contributed by atoms with van der Waals surface area (Å²) >= 11 is 6.45. The zero-order valence-electron chi connectivity index (χ0n) is 16.5. The summed E-state index contributed by atoms with van der Waals surface area (Å²) in [7, 11) is 0. The first-order valence-corrected chi connectivity index (χ1v) is 12.9. The van der Waals surface area contributed by atoms with Crippen molar-refractivity contribution in [2.24, 2.45) is 0 Å². The topological polar surface area (TPSA) is 0 Å². The van der Waals surface area contributed by atoms with Gasteiger partial charge >= 0.3 is 0 Å². The van der Waals surface area contributed by atoms with Crippen molar-refractivity contribution in [1.29, 1.82) is 0 Å². The van der Waals surface area contributed by atoms with E-state index >= 15 is 0 Å². The Morgan fingerprint density at radius 2 is 0.933 bits per heavy atom. The van der Waals surface area contributed by atoms with E-state index in [2.05, 4.69) is 127 Å². The maximum absolute atomic E-state index is 6.45. The molecule has 0 atom stereocenters. The molecular weight excluding hydrogens is 399 g/mol. The Bertz CT molecular complexity index is 1290. The molecule has 0 nitrogen and oxygen atoms in total. The number of rotatable bonds is 4. The molecule has 0 aliphatic carbocycles. The molecule has 0 spiro atoms. The van der Waals surface area contributed by atoms with Crippen LogP contribution in [0.5, 0.6) is 0 Å². The predicted octanol–water partition coefficient (Wildman–Crippen LogP) is 6.26. The van der Waals surface area contributed by atoms with Gasteiger partial charge in [0.25, 0.3) is 0 Å². The smallest absolute Gasteiger partial charge is 0.0379 e. The molecule has 144 valence electrons. The lowest BCUT2D eigenvalue weighted by atomic mass is 9.98. The van der Waals surface area contributed by atoms with Gasteiger partial charge in [0, 0.05) is 6.04 Å². The molecule has 30 heavy (non-hydrogen) atoms. The van der Waals surface area contributed by atoms with Crippen LogP contribution in [0.3, 0.4) is 0 Å². The molecule has 0 heterocycles. The van der Waals surface area contributed by atoms with E-state index < -0.39 is 6.04 Å². The first-order valence-electron chi connectivity index (χ1n) is 10.1. The standard InChI is InChI=1S/C28H21PS/c30-29(24-12-3-1-4-13-24,25-14-5-2-6-15-25)26-20-18-23(19-21-26)28-17-9-11-22-10-7-8-16-27(22)28/h1-21H. The average molecular weight is 421 g/mol.